The molecule has 0 aliphatic carbocycles. The van der Waals surface area contributed by atoms with Crippen LogP contribution in [0, 0.1) is 0 Å². The van der Waals surface area contributed by atoms with Crippen LogP contribution in [-0.2, 0) is 6.54 Å². The standard InChI is InChI=1S/C16H16BrNO/c1-2-10-19-16-9-8-14(17)11-13(16)12-18-15-6-4-3-5-7-15/h2-9,11,18H,1,10,12H2. The van der Waals surface area contributed by atoms with Crippen molar-refractivity contribution in [2.45, 2.75) is 6.54 Å². The summed E-state index contributed by atoms with van der Waals surface area (Å²) < 4.78 is 6.70. The molecule has 2 nitrogen and oxygen atoms in total. The molecule has 2 aromatic carbocycles. The van der Waals surface area contributed by atoms with E-state index in [-0.39, 0.29) is 0 Å². The summed E-state index contributed by atoms with van der Waals surface area (Å²) in [6.07, 6.45) is 1.75. The first-order valence-electron chi connectivity index (χ1n) is 6.10. The van der Waals surface area contributed by atoms with Crippen LogP contribution in [0.3, 0.4) is 0 Å². The molecular formula is C16H16BrNO. The Kier molecular flexibility index (Phi) is 5.04. The summed E-state index contributed by atoms with van der Waals surface area (Å²) in [6.45, 7) is 4.90. The van der Waals surface area contributed by atoms with E-state index in [0.717, 1.165) is 28.0 Å². The maximum absolute atomic E-state index is 5.65. The zero-order valence-electron chi connectivity index (χ0n) is 10.6. The summed E-state index contributed by atoms with van der Waals surface area (Å²) in [4.78, 5) is 0. The second kappa shape index (κ2) is 7.00. The molecule has 0 fully saturated rings. The molecule has 0 aromatic heterocycles. The number of hydrogen-bond donors (Lipinski definition) is 1. The van der Waals surface area contributed by atoms with E-state index in [9.17, 15) is 0 Å². The van der Waals surface area contributed by atoms with Gasteiger partial charge in [0.2, 0.25) is 0 Å². The number of anilines is 1. The normalized spacial score (nSPS) is 9.95. The van der Waals surface area contributed by atoms with Crippen molar-refractivity contribution in [1.29, 1.82) is 0 Å². The van der Waals surface area contributed by atoms with Crippen LogP contribution in [-0.4, -0.2) is 6.61 Å². The minimum atomic E-state index is 0.514. The summed E-state index contributed by atoms with van der Waals surface area (Å²) in [7, 11) is 0. The maximum Gasteiger partial charge on any atom is 0.124 e. The summed E-state index contributed by atoms with van der Waals surface area (Å²) >= 11 is 3.49. The van der Waals surface area contributed by atoms with Gasteiger partial charge in [-0.3, -0.25) is 0 Å². The van der Waals surface area contributed by atoms with Crippen LogP contribution in [0.1, 0.15) is 5.56 Å². The van der Waals surface area contributed by atoms with E-state index in [1.165, 1.54) is 0 Å². The van der Waals surface area contributed by atoms with Crippen LogP contribution in [0.2, 0.25) is 0 Å². The highest BCUT2D eigenvalue weighted by atomic mass is 79.9. The van der Waals surface area contributed by atoms with Gasteiger partial charge in [-0.05, 0) is 30.3 Å². The zero-order valence-corrected chi connectivity index (χ0v) is 12.2. The first kappa shape index (κ1) is 13.7. The van der Waals surface area contributed by atoms with Gasteiger partial charge >= 0.3 is 0 Å². The topological polar surface area (TPSA) is 21.3 Å². The quantitative estimate of drug-likeness (QED) is 0.784. The van der Waals surface area contributed by atoms with E-state index in [1.807, 2.05) is 42.5 Å². The predicted octanol–water partition coefficient (Wildman–Crippen LogP) is 4.63. The molecule has 0 unspecified atom stereocenters. The van der Waals surface area contributed by atoms with Gasteiger partial charge in [-0.2, -0.15) is 0 Å². The van der Waals surface area contributed by atoms with E-state index in [2.05, 4.69) is 33.9 Å². The fraction of sp³-hybridized carbons (Fsp3) is 0.125. The van der Waals surface area contributed by atoms with E-state index in [1.54, 1.807) is 6.08 Å². The Balaban J connectivity index is 2.09. The third kappa shape index (κ3) is 4.14. The van der Waals surface area contributed by atoms with Crippen molar-refractivity contribution in [1.82, 2.24) is 0 Å². The van der Waals surface area contributed by atoms with Gasteiger partial charge < -0.3 is 10.1 Å². The summed E-state index contributed by atoms with van der Waals surface area (Å²) in [5.41, 5.74) is 2.21. The monoisotopic (exact) mass is 317 g/mol. The summed E-state index contributed by atoms with van der Waals surface area (Å²) in [5.74, 6) is 0.881. The third-order valence-corrected chi connectivity index (χ3v) is 3.13. The SMILES string of the molecule is C=CCOc1ccc(Br)cc1CNc1ccccc1. The molecule has 0 saturated heterocycles. The average Bonchev–Trinajstić information content (AvgIpc) is 2.45. The van der Waals surface area contributed by atoms with Gasteiger partial charge in [0.05, 0.1) is 0 Å². The molecule has 0 amide bonds. The number of rotatable bonds is 6. The molecule has 3 heteroatoms. The molecule has 0 heterocycles. The van der Waals surface area contributed by atoms with Gasteiger partial charge in [-0.25, -0.2) is 0 Å². The molecule has 2 aromatic rings. The average molecular weight is 318 g/mol. The number of benzene rings is 2. The number of halogens is 1. The molecule has 0 atom stereocenters. The highest BCUT2D eigenvalue weighted by molar-refractivity contribution is 9.10. The Morgan fingerprint density at radius 3 is 2.68 bits per heavy atom. The Morgan fingerprint density at radius 1 is 1.16 bits per heavy atom. The smallest absolute Gasteiger partial charge is 0.124 e. The van der Waals surface area contributed by atoms with Crippen molar-refractivity contribution < 1.29 is 4.74 Å². The van der Waals surface area contributed by atoms with Gasteiger partial charge in [0.25, 0.3) is 0 Å². The number of hydrogen-bond acceptors (Lipinski definition) is 2. The highest BCUT2D eigenvalue weighted by Crippen LogP contribution is 2.24. The fourth-order valence-corrected chi connectivity index (χ4v) is 2.14. The Morgan fingerprint density at radius 2 is 1.95 bits per heavy atom. The molecule has 0 aliphatic rings. The first-order chi connectivity index (χ1) is 9.29. The fourth-order valence-electron chi connectivity index (χ4n) is 1.73. The van der Waals surface area contributed by atoms with Gasteiger partial charge in [-0.15, -0.1) is 0 Å². The maximum atomic E-state index is 5.65. The zero-order chi connectivity index (χ0) is 13.5. The van der Waals surface area contributed by atoms with Crippen LogP contribution >= 0.6 is 15.9 Å². The second-order valence-corrected chi connectivity index (χ2v) is 4.99. The molecule has 0 radical (unpaired) electrons. The van der Waals surface area contributed by atoms with Crippen molar-refractivity contribution in [3.05, 3.63) is 71.2 Å². The number of nitrogens with one attached hydrogen (secondary N) is 1. The van der Waals surface area contributed by atoms with Crippen molar-refractivity contribution in [3.8, 4) is 5.75 Å². The Labute approximate surface area is 122 Å². The predicted molar refractivity (Wildman–Crippen MR) is 83.6 cm³/mol. The van der Waals surface area contributed by atoms with Gasteiger partial charge in [-0.1, -0.05) is 46.8 Å². The lowest BCUT2D eigenvalue weighted by molar-refractivity contribution is 0.359. The van der Waals surface area contributed by atoms with Crippen molar-refractivity contribution in [2.24, 2.45) is 0 Å². The van der Waals surface area contributed by atoms with E-state index in [4.69, 9.17) is 4.74 Å². The number of para-hydroxylation sites is 1. The van der Waals surface area contributed by atoms with Crippen LogP contribution in [0.25, 0.3) is 0 Å². The second-order valence-electron chi connectivity index (χ2n) is 4.07. The van der Waals surface area contributed by atoms with Crippen LogP contribution in [0.15, 0.2) is 65.7 Å². The molecule has 0 bridgehead atoms. The van der Waals surface area contributed by atoms with Crippen molar-refractivity contribution in [2.75, 3.05) is 11.9 Å². The molecular weight excluding hydrogens is 302 g/mol. The van der Waals surface area contributed by atoms with Gasteiger partial charge in [0, 0.05) is 22.3 Å². The summed E-state index contributed by atoms with van der Waals surface area (Å²) in [6, 6.07) is 16.1. The van der Waals surface area contributed by atoms with Crippen LogP contribution in [0.5, 0.6) is 5.75 Å². The Bertz CT molecular complexity index is 540. The molecule has 0 spiro atoms. The molecule has 0 aliphatic heterocycles. The van der Waals surface area contributed by atoms with Gasteiger partial charge in [0.15, 0.2) is 0 Å². The first-order valence-corrected chi connectivity index (χ1v) is 6.90. The lowest BCUT2D eigenvalue weighted by Crippen LogP contribution is -2.03. The molecule has 19 heavy (non-hydrogen) atoms. The molecule has 98 valence electrons. The molecule has 0 saturated carbocycles. The number of ether oxygens (including phenoxy) is 1. The highest BCUT2D eigenvalue weighted by Gasteiger charge is 2.04. The van der Waals surface area contributed by atoms with Crippen molar-refractivity contribution >= 4 is 21.6 Å². The van der Waals surface area contributed by atoms with E-state index in [0.29, 0.717) is 6.61 Å². The largest absolute Gasteiger partial charge is 0.489 e. The van der Waals surface area contributed by atoms with E-state index < -0.39 is 0 Å². The Hall–Kier alpha value is -1.74. The minimum absolute atomic E-state index is 0.514. The van der Waals surface area contributed by atoms with Crippen LogP contribution < -0.4 is 10.1 Å². The molecule has 1 N–H and O–H groups in total. The summed E-state index contributed by atoms with van der Waals surface area (Å²) in [5, 5.41) is 3.38. The van der Waals surface area contributed by atoms with E-state index >= 15 is 0 Å². The lowest BCUT2D eigenvalue weighted by Gasteiger charge is -2.12. The minimum Gasteiger partial charge on any atom is -0.489 e. The lowest BCUT2D eigenvalue weighted by atomic mass is 10.2. The molecule has 2 rings (SSSR count). The van der Waals surface area contributed by atoms with Crippen molar-refractivity contribution in [3.63, 3.8) is 0 Å². The van der Waals surface area contributed by atoms with Gasteiger partial charge in [0.1, 0.15) is 12.4 Å². The van der Waals surface area contributed by atoms with Crippen LogP contribution in [0.4, 0.5) is 5.69 Å². The third-order valence-electron chi connectivity index (χ3n) is 2.64.